The molecule has 3 heterocycles. The number of nitrogens with zero attached hydrogens (tertiary/aromatic N) is 4. The van der Waals surface area contributed by atoms with E-state index in [-0.39, 0.29) is 11.5 Å². The third kappa shape index (κ3) is 4.85. The van der Waals surface area contributed by atoms with Crippen molar-refractivity contribution < 1.29 is 9.21 Å². The van der Waals surface area contributed by atoms with Crippen LogP contribution in [0.5, 0.6) is 0 Å². The molecular formula is C21H23ClN4O2S. The average molecular weight is 431 g/mol. The molecule has 0 N–H and O–H groups in total. The first-order valence-corrected chi connectivity index (χ1v) is 11.1. The molecule has 1 saturated heterocycles. The number of carbonyl (C=O) groups is 1. The van der Waals surface area contributed by atoms with Crippen LogP contribution in [0, 0.1) is 5.92 Å². The Morgan fingerprint density at radius 3 is 2.66 bits per heavy atom. The summed E-state index contributed by atoms with van der Waals surface area (Å²) in [6.07, 6.45) is 3.95. The van der Waals surface area contributed by atoms with Gasteiger partial charge in [0.15, 0.2) is 10.9 Å². The van der Waals surface area contributed by atoms with Gasteiger partial charge in [-0.3, -0.25) is 9.36 Å². The zero-order chi connectivity index (χ0) is 20.2. The zero-order valence-electron chi connectivity index (χ0n) is 16.3. The molecule has 1 aromatic carbocycles. The van der Waals surface area contributed by atoms with E-state index >= 15 is 0 Å². The second-order valence-electron chi connectivity index (χ2n) is 7.34. The highest BCUT2D eigenvalue weighted by atomic mass is 35.5. The standard InChI is InChI=1S/C21H23ClN4O2S/c1-15-8-10-25(11-9-15)20-23-24-21(26(20)13-18-3-2-12-28-18)29-14-19(27)16-4-6-17(22)7-5-16/h2-7,12,15H,8-11,13-14H2,1H3. The van der Waals surface area contributed by atoms with E-state index < -0.39 is 0 Å². The monoisotopic (exact) mass is 430 g/mol. The number of rotatable bonds is 7. The van der Waals surface area contributed by atoms with E-state index in [0.717, 1.165) is 48.7 Å². The van der Waals surface area contributed by atoms with Gasteiger partial charge in [0.2, 0.25) is 5.95 Å². The Morgan fingerprint density at radius 1 is 1.21 bits per heavy atom. The molecular weight excluding hydrogens is 408 g/mol. The number of hydrogen-bond donors (Lipinski definition) is 0. The second-order valence-corrected chi connectivity index (χ2v) is 8.72. The maximum atomic E-state index is 12.6. The fourth-order valence-electron chi connectivity index (χ4n) is 3.38. The van der Waals surface area contributed by atoms with E-state index in [2.05, 4.69) is 26.6 Å². The van der Waals surface area contributed by atoms with Crippen molar-refractivity contribution in [3.8, 4) is 0 Å². The fraction of sp³-hybridized carbons (Fsp3) is 0.381. The maximum Gasteiger partial charge on any atom is 0.228 e. The Morgan fingerprint density at radius 2 is 1.97 bits per heavy atom. The second kappa shape index (κ2) is 9.05. The van der Waals surface area contributed by atoms with Gasteiger partial charge in [-0.25, -0.2) is 0 Å². The number of piperidine rings is 1. The lowest BCUT2D eigenvalue weighted by atomic mass is 10.00. The minimum Gasteiger partial charge on any atom is -0.467 e. The van der Waals surface area contributed by atoms with Crippen LogP contribution in [-0.4, -0.2) is 39.4 Å². The lowest BCUT2D eigenvalue weighted by Crippen LogP contribution is -2.35. The Bertz CT molecular complexity index is 948. The molecule has 3 aromatic rings. The van der Waals surface area contributed by atoms with Crippen LogP contribution in [0.25, 0.3) is 0 Å². The van der Waals surface area contributed by atoms with Gasteiger partial charge >= 0.3 is 0 Å². The predicted molar refractivity (Wildman–Crippen MR) is 115 cm³/mol. The van der Waals surface area contributed by atoms with Gasteiger partial charge in [-0.2, -0.15) is 0 Å². The molecule has 0 spiro atoms. The molecule has 152 valence electrons. The molecule has 0 bridgehead atoms. The SMILES string of the molecule is CC1CCN(c2nnc(SCC(=O)c3ccc(Cl)cc3)n2Cc2ccco2)CC1. The first-order valence-electron chi connectivity index (χ1n) is 9.72. The molecule has 8 heteroatoms. The molecule has 29 heavy (non-hydrogen) atoms. The predicted octanol–water partition coefficient (Wildman–Crippen LogP) is 4.78. The number of hydrogen-bond acceptors (Lipinski definition) is 6. The first-order chi connectivity index (χ1) is 14.1. The molecule has 0 amide bonds. The number of carbonyl (C=O) groups excluding carboxylic acids is 1. The number of ketones is 1. The van der Waals surface area contributed by atoms with Crippen molar-refractivity contribution in [3.63, 3.8) is 0 Å². The number of thioether (sulfide) groups is 1. The minimum atomic E-state index is 0.0348. The van der Waals surface area contributed by atoms with Crippen LogP contribution in [-0.2, 0) is 6.54 Å². The largest absolute Gasteiger partial charge is 0.467 e. The smallest absolute Gasteiger partial charge is 0.228 e. The maximum absolute atomic E-state index is 12.6. The summed E-state index contributed by atoms with van der Waals surface area (Å²) in [6.45, 7) is 4.76. The average Bonchev–Trinajstić information content (AvgIpc) is 3.38. The third-order valence-corrected chi connectivity index (χ3v) is 6.38. The molecule has 0 aliphatic carbocycles. The van der Waals surface area contributed by atoms with Crippen molar-refractivity contribution in [3.05, 3.63) is 59.0 Å². The number of aromatic nitrogens is 3. The molecule has 1 fully saturated rings. The van der Waals surface area contributed by atoms with E-state index in [1.54, 1.807) is 30.5 Å². The Labute approximate surface area is 179 Å². The first kappa shape index (κ1) is 20.0. The number of halogens is 1. The molecule has 0 unspecified atom stereocenters. The van der Waals surface area contributed by atoms with Crippen LogP contribution >= 0.6 is 23.4 Å². The Hall–Kier alpha value is -2.25. The highest BCUT2D eigenvalue weighted by molar-refractivity contribution is 7.99. The lowest BCUT2D eigenvalue weighted by molar-refractivity contribution is 0.102. The normalized spacial score (nSPS) is 15.0. The van der Waals surface area contributed by atoms with Gasteiger partial charge in [-0.05, 0) is 55.2 Å². The summed E-state index contributed by atoms with van der Waals surface area (Å²) in [4.78, 5) is 14.8. The number of Topliss-reactive ketones (excluding diaryl/α,β-unsaturated/α-hetero) is 1. The van der Waals surface area contributed by atoms with E-state index in [1.807, 2.05) is 12.1 Å². The summed E-state index contributed by atoms with van der Waals surface area (Å²) >= 11 is 7.31. The van der Waals surface area contributed by atoms with Crippen molar-refractivity contribution in [2.75, 3.05) is 23.7 Å². The van der Waals surface area contributed by atoms with Crippen LogP contribution in [0.1, 0.15) is 35.9 Å². The van der Waals surface area contributed by atoms with E-state index in [4.69, 9.17) is 16.0 Å². The van der Waals surface area contributed by atoms with Crippen molar-refractivity contribution in [2.45, 2.75) is 31.5 Å². The summed E-state index contributed by atoms with van der Waals surface area (Å²) < 4.78 is 7.59. The Balaban J connectivity index is 1.52. The van der Waals surface area contributed by atoms with Gasteiger partial charge in [-0.1, -0.05) is 30.3 Å². The molecule has 1 aliphatic rings. The quantitative estimate of drug-likeness (QED) is 0.397. The molecule has 0 atom stereocenters. The van der Waals surface area contributed by atoms with E-state index in [9.17, 15) is 4.79 Å². The van der Waals surface area contributed by atoms with Gasteiger partial charge < -0.3 is 9.32 Å². The van der Waals surface area contributed by atoms with Gasteiger partial charge in [0, 0.05) is 23.7 Å². The lowest BCUT2D eigenvalue weighted by Gasteiger charge is -2.31. The van der Waals surface area contributed by atoms with Crippen molar-refractivity contribution in [2.24, 2.45) is 5.92 Å². The molecule has 1 aliphatic heterocycles. The van der Waals surface area contributed by atoms with Crippen LogP contribution in [0.2, 0.25) is 5.02 Å². The number of furan rings is 1. The molecule has 0 saturated carbocycles. The summed E-state index contributed by atoms with van der Waals surface area (Å²) in [5.74, 6) is 2.73. The van der Waals surface area contributed by atoms with Gasteiger partial charge in [-0.15, -0.1) is 10.2 Å². The highest BCUT2D eigenvalue weighted by Crippen LogP contribution is 2.27. The molecule has 4 rings (SSSR count). The van der Waals surface area contributed by atoms with Crippen molar-refractivity contribution in [1.29, 1.82) is 0 Å². The number of anilines is 1. The summed E-state index contributed by atoms with van der Waals surface area (Å²) in [6, 6.07) is 10.8. The number of benzene rings is 1. The van der Waals surface area contributed by atoms with Crippen LogP contribution in [0.3, 0.4) is 0 Å². The van der Waals surface area contributed by atoms with E-state index in [1.165, 1.54) is 11.8 Å². The zero-order valence-corrected chi connectivity index (χ0v) is 17.8. The summed E-state index contributed by atoms with van der Waals surface area (Å²) in [7, 11) is 0. The van der Waals surface area contributed by atoms with Gasteiger partial charge in [0.05, 0.1) is 18.6 Å². The van der Waals surface area contributed by atoms with Crippen LogP contribution in [0.4, 0.5) is 5.95 Å². The molecule has 6 nitrogen and oxygen atoms in total. The molecule has 2 aromatic heterocycles. The van der Waals surface area contributed by atoms with Gasteiger partial charge in [0.1, 0.15) is 5.76 Å². The van der Waals surface area contributed by atoms with Gasteiger partial charge in [0.25, 0.3) is 0 Å². The van der Waals surface area contributed by atoms with Crippen LogP contribution < -0.4 is 4.90 Å². The summed E-state index contributed by atoms with van der Waals surface area (Å²) in [5.41, 5.74) is 0.643. The third-order valence-electron chi connectivity index (χ3n) is 5.16. The minimum absolute atomic E-state index is 0.0348. The van der Waals surface area contributed by atoms with Crippen molar-refractivity contribution >= 4 is 35.1 Å². The topological polar surface area (TPSA) is 64.2 Å². The summed E-state index contributed by atoms with van der Waals surface area (Å²) in [5, 5.41) is 10.2. The molecule has 0 radical (unpaired) electrons. The Kier molecular flexibility index (Phi) is 6.25. The highest BCUT2D eigenvalue weighted by Gasteiger charge is 2.23. The van der Waals surface area contributed by atoms with E-state index in [0.29, 0.717) is 17.1 Å². The van der Waals surface area contributed by atoms with Crippen molar-refractivity contribution in [1.82, 2.24) is 14.8 Å². The van der Waals surface area contributed by atoms with Crippen LogP contribution in [0.15, 0.2) is 52.2 Å². The fourth-order valence-corrected chi connectivity index (χ4v) is 4.33.